The third-order valence-electron chi connectivity index (χ3n) is 3.79. The third-order valence-corrected chi connectivity index (χ3v) is 3.79. The Morgan fingerprint density at radius 3 is 2.90 bits per heavy atom. The molecule has 2 rings (SSSR count). The van der Waals surface area contributed by atoms with E-state index in [1.807, 2.05) is 6.20 Å². The molecule has 5 heteroatoms. The number of aromatic nitrogens is 1. The Kier molecular flexibility index (Phi) is 4.48. The first kappa shape index (κ1) is 15.0. The maximum atomic E-state index is 10.6. The fourth-order valence-electron chi connectivity index (χ4n) is 2.54. The lowest BCUT2D eigenvalue weighted by atomic mass is 9.94. The Balaban J connectivity index is 1.83. The van der Waals surface area contributed by atoms with E-state index < -0.39 is 5.97 Å². The first-order chi connectivity index (χ1) is 9.34. The average Bonchev–Trinajstić information content (AvgIpc) is 2.95. The van der Waals surface area contributed by atoms with Gasteiger partial charge in [0.05, 0.1) is 12.7 Å². The summed E-state index contributed by atoms with van der Waals surface area (Å²) in [7, 11) is 0. The van der Waals surface area contributed by atoms with Crippen molar-refractivity contribution in [3.05, 3.63) is 17.8 Å². The standard InChI is InChI=1S/C15H24N2O3/c1-15(2,3)12-8-16-13(20-12)10-17-7-6-11(9-17)4-5-14(18)19/h8,11H,4-7,9-10H2,1-3H3,(H,18,19). The summed E-state index contributed by atoms with van der Waals surface area (Å²) >= 11 is 0. The van der Waals surface area contributed by atoms with E-state index in [0.29, 0.717) is 5.92 Å². The summed E-state index contributed by atoms with van der Waals surface area (Å²) in [5.41, 5.74) is -0.0136. The van der Waals surface area contributed by atoms with Crippen LogP contribution >= 0.6 is 0 Å². The highest BCUT2D eigenvalue weighted by molar-refractivity contribution is 5.66. The fraction of sp³-hybridized carbons (Fsp3) is 0.733. The normalized spacial score (nSPS) is 20.4. The van der Waals surface area contributed by atoms with E-state index >= 15 is 0 Å². The second-order valence-corrected chi connectivity index (χ2v) is 6.69. The fourth-order valence-corrected chi connectivity index (χ4v) is 2.54. The number of carbonyl (C=O) groups is 1. The molecule has 5 nitrogen and oxygen atoms in total. The molecule has 0 bridgehead atoms. The molecule has 0 aromatic carbocycles. The van der Waals surface area contributed by atoms with Crippen LogP contribution in [-0.2, 0) is 16.8 Å². The number of hydrogen-bond acceptors (Lipinski definition) is 4. The topological polar surface area (TPSA) is 66.6 Å². The SMILES string of the molecule is CC(C)(C)c1cnc(CN2CCC(CCC(=O)O)C2)o1. The minimum atomic E-state index is -0.703. The average molecular weight is 280 g/mol. The molecule has 2 heterocycles. The summed E-state index contributed by atoms with van der Waals surface area (Å²) in [5.74, 6) is 1.46. The minimum Gasteiger partial charge on any atom is -0.481 e. The van der Waals surface area contributed by atoms with Gasteiger partial charge in [-0.25, -0.2) is 4.98 Å². The van der Waals surface area contributed by atoms with Gasteiger partial charge in [0, 0.05) is 18.4 Å². The number of likely N-dealkylation sites (tertiary alicyclic amines) is 1. The van der Waals surface area contributed by atoms with Crippen molar-refractivity contribution in [1.82, 2.24) is 9.88 Å². The van der Waals surface area contributed by atoms with E-state index in [2.05, 4.69) is 30.7 Å². The molecule has 112 valence electrons. The molecule has 1 aliphatic rings. The summed E-state index contributed by atoms with van der Waals surface area (Å²) in [4.78, 5) is 17.2. The molecule has 1 saturated heterocycles. The van der Waals surface area contributed by atoms with Gasteiger partial charge in [0.1, 0.15) is 5.76 Å². The summed E-state index contributed by atoms with van der Waals surface area (Å²) in [6.45, 7) is 8.98. The van der Waals surface area contributed by atoms with Crippen molar-refractivity contribution in [3.63, 3.8) is 0 Å². The highest BCUT2D eigenvalue weighted by Crippen LogP contribution is 2.25. The molecule has 1 atom stereocenters. The van der Waals surface area contributed by atoms with Gasteiger partial charge in [-0.05, 0) is 25.3 Å². The summed E-state index contributed by atoms with van der Waals surface area (Å²) in [6, 6.07) is 0. The van der Waals surface area contributed by atoms with Crippen LogP contribution in [0, 0.1) is 5.92 Å². The maximum absolute atomic E-state index is 10.6. The molecule has 1 aromatic rings. The van der Waals surface area contributed by atoms with Gasteiger partial charge in [0.25, 0.3) is 0 Å². The van der Waals surface area contributed by atoms with Gasteiger partial charge in [-0.15, -0.1) is 0 Å². The monoisotopic (exact) mass is 280 g/mol. The van der Waals surface area contributed by atoms with Crippen LogP contribution in [0.3, 0.4) is 0 Å². The minimum absolute atomic E-state index is 0.0136. The van der Waals surface area contributed by atoms with Crippen molar-refractivity contribution < 1.29 is 14.3 Å². The van der Waals surface area contributed by atoms with Crippen molar-refractivity contribution in [2.24, 2.45) is 5.92 Å². The summed E-state index contributed by atoms with van der Waals surface area (Å²) in [5, 5.41) is 8.72. The lowest BCUT2D eigenvalue weighted by molar-refractivity contribution is -0.137. The first-order valence-corrected chi connectivity index (χ1v) is 7.24. The van der Waals surface area contributed by atoms with Crippen molar-refractivity contribution in [2.45, 2.75) is 52.0 Å². The lowest BCUT2D eigenvalue weighted by Gasteiger charge is -2.15. The van der Waals surface area contributed by atoms with Crippen LogP contribution in [-0.4, -0.2) is 34.0 Å². The number of aliphatic carboxylic acids is 1. The van der Waals surface area contributed by atoms with Crippen molar-refractivity contribution in [1.29, 1.82) is 0 Å². The van der Waals surface area contributed by atoms with Crippen LogP contribution in [0.25, 0.3) is 0 Å². The molecular formula is C15H24N2O3. The Morgan fingerprint density at radius 2 is 2.30 bits per heavy atom. The Morgan fingerprint density at radius 1 is 1.55 bits per heavy atom. The number of rotatable bonds is 5. The molecule has 0 aliphatic carbocycles. The van der Waals surface area contributed by atoms with E-state index in [1.165, 1.54) is 0 Å². The van der Waals surface area contributed by atoms with Crippen molar-refractivity contribution in [2.75, 3.05) is 13.1 Å². The van der Waals surface area contributed by atoms with Crippen LogP contribution < -0.4 is 0 Å². The van der Waals surface area contributed by atoms with Gasteiger partial charge in [-0.3, -0.25) is 9.69 Å². The zero-order chi connectivity index (χ0) is 14.8. The van der Waals surface area contributed by atoms with Gasteiger partial charge < -0.3 is 9.52 Å². The van der Waals surface area contributed by atoms with Crippen LogP contribution in [0.1, 0.15) is 51.7 Å². The zero-order valence-electron chi connectivity index (χ0n) is 12.6. The number of oxazole rings is 1. The molecule has 1 aliphatic heterocycles. The molecule has 1 aromatic heterocycles. The summed E-state index contributed by atoms with van der Waals surface area (Å²) < 4.78 is 5.80. The number of hydrogen-bond donors (Lipinski definition) is 1. The van der Waals surface area contributed by atoms with E-state index in [4.69, 9.17) is 9.52 Å². The van der Waals surface area contributed by atoms with Gasteiger partial charge in [0.2, 0.25) is 5.89 Å². The number of carboxylic acids is 1. The predicted molar refractivity (Wildman–Crippen MR) is 75.5 cm³/mol. The van der Waals surface area contributed by atoms with Crippen molar-refractivity contribution in [3.8, 4) is 0 Å². The molecule has 1 fully saturated rings. The molecule has 1 N–H and O–H groups in total. The maximum Gasteiger partial charge on any atom is 0.303 e. The van der Waals surface area contributed by atoms with Gasteiger partial charge in [-0.1, -0.05) is 20.8 Å². The molecule has 0 radical (unpaired) electrons. The zero-order valence-corrected chi connectivity index (χ0v) is 12.6. The van der Waals surface area contributed by atoms with Crippen molar-refractivity contribution >= 4 is 5.97 Å². The molecule has 0 spiro atoms. The van der Waals surface area contributed by atoms with E-state index in [1.54, 1.807) is 0 Å². The summed E-state index contributed by atoms with van der Waals surface area (Å²) in [6.07, 6.45) is 3.92. The van der Waals surface area contributed by atoms with E-state index in [9.17, 15) is 4.79 Å². The van der Waals surface area contributed by atoms with E-state index in [-0.39, 0.29) is 11.8 Å². The molecule has 1 unspecified atom stereocenters. The predicted octanol–water partition coefficient (Wildman–Crippen LogP) is 2.66. The Labute approximate surface area is 120 Å². The Bertz CT molecular complexity index is 462. The largest absolute Gasteiger partial charge is 0.481 e. The van der Waals surface area contributed by atoms with Gasteiger partial charge in [-0.2, -0.15) is 0 Å². The smallest absolute Gasteiger partial charge is 0.303 e. The molecular weight excluding hydrogens is 256 g/mol. The van der Waals surface area contributed by atoms with Gasteiger partial charge >= 0.3 is 5.97 Å². The molecule has 0 amide bonds. The van der Waals surface area contributed by atoms with Crippen LogP contribution in [0.2, 0.25) is 0 Å². The van der Waals surface area contributed by atoms with Gasteiger partial charge in [0.15, 0.2) is 0 Å². The van der Waals surface area contributed by atoms with Crippen LogP contribution in [0.4, 0.5) is 0 Å². The molecule has 20 heavy (non-hydrogen) atoms. The number of nitrogens with zero attached hydrogens (tertiary/aromatic N) is 2. The third kappa shape index (κ3) is 4.07. The van der Waals surface area contributed by atoms with E-state index in [0.717, 1.165) is 44.1 Å². The first-order valence-electron chi connectivity index (χ1n) is 7.24. The van der Waals surface area contributed by atoms with Crippen LogP contribution in [0.15, 0.2) is 10.6 Å². The molecule has 0 saturated carbocycles. The Hall–Kier alpha value is -1.36. The lowest BCUT2D eigenvalue weighted by Crippen LogP contribution is -2.20. The van der Waals surface area contributed by atoms with Crippen LogP contribution in [0.5, 0.6) is 0 Å². The second-order valence-electron chi connectivity index (χ2n) is 6.69. The highest BCUT2D eigenvalue weighted by Gasteiger charge is 2.25. The highest BCUT2D eigenvalue weighted by atomic mass is 16.4. The quantitative estimate of drug-likeness (QED) is 0.898. The second kappa shape index (κ2) is 5.95. The number of carboxylic acid groups (broad SMARTS) is 1.